The number of pyridine rings is 1. The van der Waals surface area contributed by atoms with Gasteiger partial charge in [0.2, 0.25) is 5.91 Å². The van der Waals surface area contributed by atoms with Crippen LogP contribution in [0, 0.1) is 5.92 Å². The van der Waals surface area contributed by atoms with Crippen LogP contribution in [0.15, 0.2) is 30.5 Å². The van der Waals surface area contributed by atoms with Crippen LogP contribution in [-0.2, 0) is 4.79 Å². The zero-order valence-electron chi connectivity index (χ0n) is 16.1. The van der Waals surface area contributed by atoms with Crippen LogP contribution in [0.4, 0.5) is 0 Å². The SMILES string of the molecule is CC(=O)N1CCC(COc2ccc3c(C4CCNCC4)ccnc3c2)CC1. The summed E-state index contributed by atoms with van der Waals surface area (Å²) in [6.45, 7) is 6.25. The predicted molar refractivity (Wildman–Crippen MR) is 107 cm³/mol. The summed E-state index contributed by atoms with van der Waals surface area (Å²) in [6.07, 6.45) is 6.35. The molecule has 5 nitrogen and oxygen atoms in total. The summed E-state index contributed by atoms with van der Waals surface area (Å²) >= 11 is 0. The number of aromatic nitrogens is 1. The second-order valence-electron chi connectivity index (χ2n) is 7.86. The van der Waals surface area contributed by atoms with E-state index in [9.17, 15) is 4.79 Å². The Morgan fingerprint density at radius 2 is 1.96 bits per heavy atom. The number of fused-ring (bicyclic) bond motifs is 1. The van der Waals surface area contributed by atoms with Crippen molar-refractivity contribution in [3.05, 3.63) is 36.0 Å². The van der Waals surface area contributed by atoms with E-state index in [0.717, 1.165) is 50.3 Å². The molecule has 5 heteroatoms. The van der Waals surface area contributed by atoms with Crippen LogP contribution in [0.1, 0.15) is 44.1 Å². The van der Waals surface area contributed by atoms with Crippen LogP contribution in [0.5, 0.6) is 5.75 Å². The molecule has 2 fully saturated rings. The van der Waals surface area contributed by atoms with Crippen LogP contribution in [-0.4, -0.2) is 48.6 Å². The van der Waals surface area contributed by atoms with E-state index in [4.69, 9.17) is 4.74 Å². The average molecular weight is 367 g/mol. The molecule has 0 unspecified atom stereocenters. The standard InChI is InChI=1S/C22H29N3O2/c1-16(26)25-12-7-17(8-13-25)15-27-19-2-3-21-20(6-11-24-22(21)14-19)18-4-9-23-10-5-18/h2-3,6,11,14,17-18,23H,4-5,7-10,12-13,15H2,1H3. The lowest BCUT2D eigenvalue weighted by molar-refractivity contribution is -0.130. The van der Waals surface area contributed by atoms with Gasteiger partial charge in [-0.15, -0.1) is 0 Å². The molecule has 2 saturated heterocycles. The molecule has 0 atom stereocenters. The van der Waals surface area contributed by atoms with Crippen molar-refractivity contribution in [3.8, 4) is 5.75 Å². The molecule has 0 spiro atoms. The molecule has 2 aliphatic rings. The number of hydrogen-bond acceptors (Lipinski definition) is 4. The summed E-state index contributed by atoms with van der Waals surface area (Å²) in [4.78, 5) is 17.9. The van der Waals surface area contributed by atoms with Crippen LogP contribution in [0.25, 0.3) is 10.9 Å². The molecule has 144 valence electrons. The Kier molecular flexibility index (Phi) is 5.58. The van der Waals surface area contributed by atoms with Gasteiger partial charge in [-0.3, -0.25) is 9.78 Å². The monoisotopic (exact) mass is 367 g/mol. The van der Waals surface area contributed by atoms with Gasteiger partial charge in [0.25, 0.3) is 0 Å². The highest BCUT2D eigenvalue weighted by Gasteiger charge is 2.21. The van der Waals surface area contributed by atoms with Crippen molar-refractivity contribution >= 4 is 16.8 Å². The van der Waals surface area contributed by atoms with E-state index in [0.29, 0.717) is 18.4 Å². The summed E-state index contributed by atoms with van der Waals surface area (Å²) in [5.74, 6) is 2.21. The Hall–Kier alpha value is -2.14. The van der Waals surface area contributed by atoms with E-state index in [1.165, 1.54) is 23.8 Å². The minimum absolute atomic E-state index is 0.180. The smallest absolute Gasteiger partial charge is 0.219 e. The third-order valence-corrected chi connectivity index (χ3v) is 6.07. The van der Waals surface area contributed by atoms with Crippen molar-refractivity contribution in [1.29, 1.82) is 0 Å². The zero-order chi connectivity index (χ0) is 18.6. The third kappa shape index (κ3) is 4.24. The van der Waals surface area contributed by atoms with Crippen molar-refractivity contribution < 1.29 is 9.53 Å². The first-order valence-electron chi connectivity index (χ1n) is 10.2. The molecule has 1 amide bonds. The van der Waals surface area contributed by atoms with E-state index < -0.39 is 0 Å². The van der Waals surface area contributed by atoms with E-state index in [1.54, 1.807) is 6.92 Å². The number of rotatable bonds is 4. The third-order valence-electron chi connectivity index (χ3n) is 6.07. The topological polar surface area (TPSA) is 54.5 Å². The summed E-state index contributed by atoms with van der Waals surface area (Å²) in [6, 6.07) is 8.51. The van der Waals surface area contributed by atoms with E-state index in [-0.39, 0.29) is 5.91 Å². The quantitative estimate of drug-likeness (QED) is 0.900. The molecule has 0 bridgehead atoms. The van der Waals surface area contributed by atoms with E-state index in [2.05, 4.69) is 34.6 Å². The lowest BCUT2D eigenvalue weighted by Gasteiger charge is -2.31. The first-order valence-corrected chi connectivity index (χ1v) is 10.2. The second kappa shape index (κ2) is 8.26. The van der Waals surface area contributed by atoms with Crippen molar-refractivity contribution in [2.75, 3.05) is 32.8 Å². The molecule has 1 N–H and O–H groups in total. The van der Waals surface area contributed by atoms with Gasteiger partial charge < -0.3 is 15.0 Å². The molecule has 1 aromatic heterocycles. The molecule has 2 aromatic rings. The van der Waals surface area contributed by atoms with E-state index in [1.807, 2.05) is 11.1 Å². The first-order chi connectivity index (χ1) is 13.2. The average Bonchev–Trinajstić information content (AvgIpc) is 2.72. The molecule has 0 aliphatic carbocycles. The normalized spacial score (nSPS) is 19.4. The minimum Gasteiger partial charge on any atom is -0.493 e. The highest BCUT2D eigenvalue weighted by Crippen LogP contribution is 2.32. The van der Waals surface area contributed by atoms with Gasteiger partial charge in [-0.25, -0.2) is 0 Å². The number of benzene rings is 1. The van der Waals surface area contributed by atoms with E-state index >= 15 is 0 Å². The zero-order valence-corrected chi connectivity index (χ0v) is 16.1. The second-order valence-corrected chi connectivity index (χ2v) is 7.86. The molecule has 2 aliphatic heterocycles. The van der Waals surface area contributed by atoms with Crippen molar-refractivity contribution in [1.82, 2.24) is 15.2 Å². The number of hydrogen-bond donors (Lipinski definition) is 1. The molecule has 0 saturated carbocycles. The maximum atomic E-state index is 11.4. The number of nitrogens with one attached hydrogen (secondary N) is 1. The molecule has 1 aromatic carbocycles. The lowest BCUT2D eigenvalue weighted by atomic mass is 9.88. The van der Waals surface area contributed by atoms with Gasteiger partial charge in [0.15, 0.2) is 0 Å². The number of likely N-dealkylation sites (tertiary alicyclic amines) is 1. The molecular formula is C22H29N3O2. The number of ether oxygens (including phenoxy) is 1. The van der Waals surface area contributed by atoms with Gasteiger partial charge in [-0.1, -0.05) is 0 Å². The van der Waals surface area contributed by atoms with Crippen molar-refractivity contribution in [3.63, 3.8) is 0 Å². The summed E-state index contributed by atoms with van der Waals surface area (Å²) in [5, 5.41) is 4.70. The van der Waals surface area contributed by atoms with Gasteiger partial charge in [0, 0.05) is 37.7 Å². The van der Waals surface area contributed by atoms with Gasteiger partial charge >= 0.3 is 0 Å². The van der Waals surface area contributed by atoms with Gasteiger partial charge in [-0.2, -0.15) is 0 Å². The number of amides is 1. The van der Waals surface area contributed by atoms with Gasteiger partial charge in [-0.05, 0) is 74.4 Å². The fourth-order valence-corrected chi connectivity index (χ4v) is 4.36. The molecule has 3 heterocycles. The maximum Gasteiger partial charge on any atom is 0.219 e. The number of nitrogens with zero attached hydrogens (tertiary/aromatic N) is 2. The van der Waals surface area contributed by atoms with Crippen molar-refractivity contribution in [2.45, 2.75) is 38.5 Å². The van der Waals surface area contributed by atoms with Crippen LogP contribution >= 0.6 is 0 Å². The summed E-state index contributed by atoms with van der Waals surface area (Å²) in [7, 11) is 0. The Morgan fingerprint density at radius 3 is 2.70 bits per heavy atom. The number of carbonyl (C=O) groups is 1. The molecule has 27 heavy (non-hydrogen) atoms. The fourth-order valence-electron chi connectivity index (χ4n) is 4.36. The highest BCUT2D eigenvalue weighted by atomic mass is 16.5. The molecule has 0 radical (unpaired) electrons. The first kappa shape index (κ1) is 18.2. The fraction of sp³-hybridized carbons (Fsp3) is 0.545. The largest absolute Gasteiger partial charge is 0.493 e. The Labute approximate surface area is 161 Å². The lowest BCUT2D eigenvalue weighted by Crippen LogP contribution is -2.38. The maximum absolute atomic E-state index is 11.4. The Balaban J connectivity index is 1.41. The minimum atomic E-state index is 0.180. The highest BCUT2D eigenvalue weighted by molar-refractivity contribution is 5.83. The summed E-state index contributed by atoms with van der Waals surface area (Å²) < 4.78 is 6.08. The summed E-state index contributed by atoms with van der Waals surface area (Å²) in [5.41, 5.74) is 2.44. The van der Waals surface area contributed by atoms with Crippen LogP contribution in [0.2, 0.25) is 0 Å². The van der Waals surface area contributed by atoms with Gasteiger partial charge in [0.05, 0.1) is 12.1 Å². The van der Waals surface area contributed by atoms with Gasteiger partial charge in [0.1, 0.15) is 5.75 Å². The van der Waals surface area contributed by atoms with Crippen LogP contribution in [0.3, 0.4) is 0 Å². The van der Waals surface area contributed by atoms with Crippen LogP contribution < -0.4 is 10.1 Å². The Bertz CT molecular complexity index is 793. The molecule has 4 rings (SSSR count). The Morgan fingerprint density at radius 1 is 1.19 bits per heavy atom. The number of carbonyl (C=O) groups excluding carboxylic acids is 1. The van der Waals surface area contributed by atoms with Crippen molar-refractivity contribution in [2.24, 2.45) is 5.92 Å². The molecular weight excluding hydrogens is 338 g/mol. The number of piperidine rings is 2. The predicted octanol–water partition coefficient (Wildman–Crippen LogP) is 3.34.